The first-order valence-corrected chi connectivity index (χ1v) is 7.20. The zero-order chi connectivity index (χ0) is 13.3. The number of halogens is 3. The molecule has 0 spiro atoms. The van der Waals surface area contributed by atoms with E-state index in [0.29, 0.717) is 28.2 Å². The first-order chi connectivity index (χ1) is 8.49. The van der Waals surface area contributed by atoms with Gasteiger partial charge in [0.05, 0.1) is 21.7 Å². The zero-order valence-corrected chi connectivity index (χ0v) is 12.9. The van der Waals surface area contributed by atoms with Gasteiger partial charge in [-0.05, 0) is 24.6 Å². The van der Waals surface area contributed by atoms with Gasteiger partial charge in [-0.15, -0.1) is 0 Å². The minimum Gasteiger partial charge on any atom is -0.323 e. The number of carbonyl (C=O) groups excluding carboxylic acids is 1. The quantitative estimate of drug-likeness (QED) is 0.855. The van der Waals surface area contributed by atoms with Crippen molar-refractivity contribution in [1.29, 1.82) is 0 Å². The Morgan fingerprint density at radius 2 is 2.00 bits per heavy atom. The van der Waals surface area contributed by atoms with E-state index in [1.165, 1.54) is 0 Å². The summed E-state index contributed by atoms with van der Waals surface area (Å²) in [6.07, 6.45) is 0. The summed E-state index contributed by atoms with van der Waals surface area (Å²) in [5.41, 5.74) is 0.477. The smallest absolute Gasteiger partial charge is 0.229 e. The lowest BCUT2D eigenvalue weighted by Gasteiger charge is -2.16. The van der Waals surface area contributed by atoms with Gasteiger partial charge in [0.25, 0.3) is 0 Å². The summed E-state index contributed by atoms with van der Waals surface area (Å²) in [7, 11) is 0. The average Bonchev–Trinajstić information content (AvgIpc) is 2.69. The first kappa shape index (κ1) is 14.1. The van der Waals surface area contributed by atoms with E-state index in [2.05, 4.69) is 33.5 Å². The third-order valence-electron chi connectivity index (χ3n) is 3.11. The van der Waals surface area contributed by atoms with Gasteiger partial charge >= 0.3 is 0 Å². The Morgan fingerprint density at radius 1 is 1.39 bits per heavy atom. The van der Waals surface area contributed by atoms with Crippen LogP contribution in [0.25, 0.3) is 0 Å². The van der Waals surface area contributed by atoms with Crippen molar-refractivity contribution in [2.75, 3.05) is 18.4 Å². The second-order valence-corrected chi connectivity index (χ2v) is 6.21. The summed E-state index contributed by atoms with van der Waals surface area (Å²) < 4.78 is 0.784. The van der Waals surface area contributed by atoms with Crippen molar-refractivity contribution < 1.29 is 4.79 Å². The molecule has 1 aromatic rings. The van der Waals surface area contributed by atoms with Crippen LogP contribution in [-0.4, -0.2) is 19.0 Å². The number of hydrogen-bond donors (Lipinski definition) is 2. The molecule has 0 aromatic heterocycles. The van der Waals surface area contributed by atoms with Crippen LogP contribution in [0.4, 0.5) is 5.69 Å². The van der Waals surface area contributed by atoms with E-state index >= 15 is 0 Å². The van der Waals surface area contributed by atoms with Crippen LogP contribution in [0, 0.1) is 11.8 Å². The molecule has 0 aliphatic carbocycles. The zero-order valence-electron chi connectivity index (χ0n) is 9.77. The van der Waals surface area contributed by atoms with E-state index in [1.54, 1.807) is 12.1 Å². The van der Waals surface area contributed by atoms with Crippen LogP contribution in [-0.2, 0) is 4.79 Å². The molecule has 1 amide bonds. The largest absolute Gasteiger partial charge is 0.323 e. The summed E-state index contributed by atoms with van der Waals surface area (Å²) in [6.45, 7) is 3.60. The van der Waals surface area contributed by atoms with Gasteiger partial charge < -0.3 is 10.6 Å². The van der Waals surface area contributed by atoms with E-state index in [1.807, 2.05) is 0 Å². The highest BCUT2D eigenvalue weighted by atomic mass is 79.9. The molecule has 0 saturated carbocycles. The van der Waals surface area contributed by atoms with Crippen LogP contribution in [0.5, 0.6) is 0 Å². The van der Waals surface area contributed by atoms with E-state index in [-0.39, 0.29) is 11.8 Å². The molecular formula is C12H13BrCl2N2O. The number of anilines is 1. The van der Waals surface area contributed by atoms with E-state index in [0.717, 1.165) is 11.0 Å². The first-order valence-electron chi connectivity index (χ1n) is 5.65. The lowest BCUT2D eigenvalue weighted by molar-refractivity contribution is -0.120. The summed E-state index contributed by atoms with van der Waals surface area (Å²) in [4.78, 5) is 12.1. The van der Waals surface area contributed by atoms with Gasteiger partial charge in [0, 0.05) is 11.0 Å². The van der Waals surface area contributed by atoms with Crippen LogP contribution in [0.2, 0.25) is 10.0 Å². The lowest BCUT2D eigenvalue weighted by atomic mass is 9.97. The maximum Gasteiger partial charge on any atom is 0.229 e. The van der Waals surface area contributed by atoms with E-state index in [4.69, 9.17) is 23.2 Å². The number of amides is 1. The monoisotopic (exact) mass is 350 g/mol. The van der Waals surface area contributed by atoms with E-state index in [9.17, 15) is 4.79 Å². The number of nitrogens with one attached hydrogen (secondary N) is 2. The fraction of sp³-hybridized carbons (Fsp3) is 0.417. The minimum absolute atomic E-state index is 0.0409. The fourth-order valence-electron chi connectivity index (χ4n) is 2.04. The predicted molar refractivity (Wildman–Crippen MR) is 78.3 cm³/mol. The highest BCUT2D eigenvalue weighted by Crippen LogP contribution is 2.34. The van der Waals surface area contributed by atoms with Crippen molar-refractivity contribution in [1.82, 2.24) is 5.32 Å². The second kappa shape index (κ2) is 5.78. The molecule has 1 fully saturated rings. The maximum absolute atomic E-state index is 12.1. The van der Waals surface area contributed by atoms with Crippen molar-refractivity contribution in [2.24, 2.45) is 11.8 Å². The van der Waals surface area contributed by atoms with Crippen LogP contribution < -0.4 is 10.6 Å². The number of carbonyl (C=O) groups is 1. The van der Waals surface area contributed by atoms with Gasteiger partial charge in [0.1, 0.15) is 0 Å². The molecule has 98 valence electrons. The Bertz CT molecular complexity index is 458. The van der Waals surface area contributed by atoms with Gasteiger partial charge in [0.15, 0.2) is 0 Å². The standard InChI is InChI=1S/C12H13BrCl2N2O/c1-6-4-16-5-8(6)12(18)17-11-9(14)2-7(13)3-10(11)15/h2-3,6,8,16H,4-5H2,1H3,(H,17,18). The molecule has 2 rings (SSSR count). The maximum atomic E-state index is 12.1. The third kappa shape index (κ3) is 2.99. The van der Waals surface area contributed by atoms with Gasteiger partial charge in [-0.25, -0.2) is 0 Å². The van der Waals surface area contributed by atoms with Crippen LogP contribution in [0.3, 0.4) is 0 Å². The normalized spacial score (nSPS) is 23.1. The Morgan fingerprint density at radius 3 is 2.50 bits per heavy atom. The Labute approximate surface area is 124 Å². The summed E-state index contributed by atoms with van der Waals surface area (Å²) in [5, 5.41) is 6.87. The molecule has 1 saturated heterocycles. The molecule has 1 heterocycles. The second-order valence-electron chi connectivity index (χ2n) is 4.48. The molecular weight excluding hydrogens is 339 g/mol. The summed E-state index contributed by atoms with van der Waals surface area (Å²) >= 11 is 15.5. The topological polar surface area (TPSA) is 41.1 Å². The third-order valence-corrected chi connectivity index (χ3v) is 4.16. The number of rotatable bonds is 2. The van der Waals surface area contributed by atoms with Crippen LogP contribution in [0.1, 0.15) is 6.92 Å². The Hall–Kier alpha value is -0.290. The average molecular weight is 352 g/mol. The SMILES string of the molecule is CC1CNCC1C(=O)Nc1c(Cl)cc(Br)cc1Cl. The predicted octanol–water partition coefficient (Wildman–Crippen LogP) is 3.55. The van der Waals surface area contributed by atoms with Gasteiger partial charge in [-0.3, -0.25) is 4.79 Å². The molecule has 2 atom stereocenters. The fourth-order valence-corrected chi connectivity index (χ4v) is 3.34. The molecule has 0 bridgehead atoms. The van der Waals surface area contributed by atoms with Crippen molar-refractivity contribution in [3.63, 3.8) is 0 Å². The molecule has 0 radical (unpaired) electrons. The Balaban J connectivity index is 2.17. The highest BCUT2D eigenvalue weighted by Gasteiger charge is 2.30. The molecule has 1 aliphatic rings. The van der Waals surface area contributed by atoms with Crippen LogP contribution >= 0.6 is 39.1 Å². The summed E-state index contributed by atoms with van der Waals surface area (Å²) in [6, 6.07) is 3.42. The van der Waals surface area contributed by atoms with Gasteiger partial charge in [0.2, 0.25) is 5.91 Å². The molecule has 18 heavy (non-hydrogen) atoms. The lowest BCUT2D eigenvalue weighted by Crippen LogP contribution is -2.28. The molecule has 2 unspecified atom stereocenters. The summed E-state index contributed by atoms with van der Waals surface area (Å²) in [5.74, 6) is 0.234. The number of benzene rings is 1. The molecule has 1 aromatic carbocycles. The Kier molecular flexibility index (Phi) is 4.54. The van der Waals surface area contributed by atoms with Crippen molar-refractivity contribution in [3.05, 3.63) is 26.7 Å². The number of hydrogen-bond acceptors (Lipinski definition) is 2. The molecule has 1 aliphatic heterocycles. The highest BCUT2D eigenvalue weighted by molar-refractivity contribution is 9.10. The van der Waals surface area contributed by atoms with Gasteiger partial charge in [-0.2, -0.15) is 0 Å². The van der Waals surface area contributed by atoms with Crippen molar-refractivity contribution in [3.8, 4) is 0 Å². The van der Waals surface area contributed by atoms with Crippen molar-refractivity contribution in [2.45, 2.75) is 6.92 Å². The van der Waals surface area contributed by atoms with Crippen molar-refractivity contribution >= 4 is 50.7 Å². The van der Waals surface area contributed by atoms with Crippen LogP contribution in [0.15, 0.2) is 16.6 Å². The van der Waals surface area contributed by atoms with Gasteiger partial charge in [-0.1, -0.05) is 46.1 Å². The van der Waals surface area contributed by atoms with E-state index < -0.39 is 0 Å². The molecule has 3 nitrogen and oxygen atoms in total. The minimum atomic E-state index is -0.0429. The molecule has 2 N–H and O–H groups in total. The molecule has 6 heteroatoms.